The number of aromatic nitrogens is 1. The van der Waals surface area contributed by atoms with Crippen molar-refractivity contribution in [2.45, 2.75) is 19.8 Å². The Kier molecular flexibility index (Phi) is 5.61. The Morgan fingerprint density at radius 2 is 2.32 bits per heavy atom. The highest BCUT2D eigenvalue weighted by Crippen LogP contribution is 2.30. The first kappa shape index (κ1) is 18.2. The molecule has 2 heterocycles. The van der Waals surface area contributed by atoms with E-state index in [1.165, 1.54) is 11.3 Å². The van der Waals surface area contributed by atoms with Crippen LogP contribution in [-0.2, 0) is 11.2 Å². The molecule has 1 aliphatic rings. The molecule has 25 heavy (non-hydrogen) atoms. The lowest BCUT2D eigenvalue weighted by molar-refractivity contribution is -0.115. The zero-order chi connectivity index (χ0) is 18.0. The molecule has 0 atom stereocenters. The van der Waals surface area contributed by atoms with Gasteiger partial charge in [-0.3, -0.25) is 9.69 Å². The number of amides is 3. The fourth-order valence-corrected chi connectivity index (χ4v) is 4.39. The fraction of sp³-hybridized carbons (Fsp3) is 0.312. The normalized spacial score (nSPS) is 14.4. The van der Waals surface area contributed by atoms with Crippen LogP contribution in [0.5, 0.6) is 0 Å². The van der Waals surface area contributed by atoms with E-state index in [4.69, 9.17) is 11.6 Å². The average Bonchev–Trinajstić information content (AvgIpc) is 2.99. The van der Waals surface area contributed by atoms with E-state index in [9.17, 15) is 9.59 Å². The lowest BCUT2D eigenvalue weighted by Gasteiger charge is -2.24. The van der Waals surface area contributed by atoms with Gasteiger partial charge in [-0.25, -0.2) is 9.78 Å². The summed E-state index contributed by atoms with van der Waals surface area (Å²) in [6.45, 7) is 3.20. The van der Waals surface area contributed by atoms with E-state index in [1.807, 2.05) is 13.0 Å². The summed E-state index contributed by atoms with van der Waals surface area (Å²) in [5, 5.41) is 8.50. The van der Waals surface area contributed by atoms with Gasteiger partial charge in [-0.2, -0.15) is 0 Å². The van der Waals surface area contributed by atoms with Crippen molar-refractivity contribution in [1.29, 1.82) is 0 Å². The third-order valence-corrected chi connectivity index (χ3v) is 5.38. The molecule has 0 radical (unpaired) electrons. The molecule has 0 saturated carbocycles. The van der Waals surface area contributed by atoms with E-state index < -0.39 is 0 Å². The second kappa shape index (κ2) is 7.72. The zero-order valence-electron chi connectivity index (χ0n) is 13.4. The summed E-state index contributed by atoms with van der Waals surface area (Å²) >= 11 is 10.9. The quantitative estimate of drug-likeness (QED) is 0.751. The molecule has 1 saturated heterocycles. The molecular formula is C16H16BrClN4O2S. The van der Waals surface area contributed by atoms with Crippen LogP contribution in [0.3, 0.4) is 0 Å². The molecule has 3 amide bonds. The predicted molar refractivity (Wildman–Crippen MR) is 104 cm³/mol. The number of hydrogen-bond acceptors (Lipinski definition) is 4. The predicted octanol–water partition coefficient (Wildman–Crippen LogP) is 3.97. The van der Waals surface area contributed by atoms with E-state index in [0.717, 1.165) is 16.5 Å². The van der Waals surface area contributed by atoms with Gasteiger partial charge in [-0.15, -0.1) is 11.3 Å². The maximum atomic E-state index is 12.3. The van der Waals surface area contributed by atoms with E-state index in [0.29, 0.717) is 34.6 Å². The van der Waals surface area contributed by atoms with E-state index in [2.05, 4.69) is 31.5 Å². The molecule has 9 heteroatoms. The maximum Gasteiger partial charge on any atom is 0.323 e. The highest BCUT2D eigenvalue weighted by Gasteiger charge is 2.22. The molecular weight excluding hydrogens is 428 g/mol. The number of anilines is 2. The van der Waals surface area contributed by atoms with Gasteiger partial charge < -0.3 is 10.6 Å². The summed E-state index contributed by atoms with van der Waals surface area (Å²) in [6, 6.07) is 3.48. The summed E-state index contributed by atoms with van der Waals surface area (Å²) in [5.74, 6) is -0.202. The Bertz CT molecular complexity index is 803. The van der Waals surface area contributed by atoms with Crippen molar-refractivity contribution in [2.24, 2.45) is 0 Å². The fourth-order valence-electron chi connectivity index (χ4n) is 2.52. The van der Waals surface area contributed by atoms with Gasteiger partial charge in [0.1, 0.15) is 0 Å². The van der Waals surface area contributed by atoms with Crippen LogP contribution >= 0.6 is 38.9 Å². The maximum absolute atomic E-state index is 12.3. The number of hydrogen-bond donors (Lipinski definition) is 2. The summed E-state index contributed by atoms with van der Waals surface area (Å²) in [6.07, 6.45) is 1.00. The smallest absolute Gasteiger partial charge is 0.323 e. The number of aryl methyl sites for hydroxylation is 1. The van der Waals surface area contributed by atoms with Crippen molar-refractivity contribution in [3.63, 3.8) is 0 Å². The minimum atomic E-state index is -0.202. The largest absolute Gasteiger partial charge is 0.338 e. The summed E-state index contributed by atoms with van der Waals surface area (Å²) in [4.78, 5) is 30.2. The van der Waals surface area contributed by atoms with Crippen molar-refractivity contribution in [3.05, 3.63) is 38.3 Å². The van der Waals surface area contributed by atoms with Gasteiger partial charge in [-0.1, -0.05) is 27.5 Å². The van der Waals surface area contributed by atoms with Gasteiger partial charge in [0.05, 0.1) is 22.8 Å². The van der Waals surface area contributed by atoms with E-state index >= 15 is 0 Å². The highest BCUT2D eigenvalue weighted by molar-refractivity contribution is 9.10. The summed E-state index contributed by atoms with van der Waals surface area (Å²) in [5.41, 5.74) is 2.10. The number of thiazole rings is 1. The lowest BCUT2D eigenvalue weighted by atomic mass is 10.2. The second-order valence-corrected chi connectivity index (χ2v) is 7.82. The summed E-state index contributed by atoms with van der Waals surface area (Å²) < 4.78 is 0.858. The van der Waals surface area contributed by atoms with Crippen LogP contribution in [0.1, 0.15) is 17.7 Å². The van der Waals surface area contributed by atoms with Crippen LogP contribution in [0.15, 0.2) is 22.0 Å². The standard InChI is InChI=1S/C16H16BrClN4O2S/c1-9-5-10(17)6-12(18)14(9)21-13(23)7-11-8-25-16(20-11)22-4-2-3-19-15(22)24/h5-6,8H,2-4,7H2,1H3,(H,19,24)(H,21,23). The van der Waals surface area contributed by atoms with Crippen LogP contribution in [0.4, 0.5) is 15.6 Å². The number of nitrogens with one attached hydrogen (secondary N) is 2. The monoisotopic (exact) mass is 442 g/mol. The molecule has 0 aliphatic carbocycles. The minimum Gasteiger partial charge on any atom is -0.338 e. The molecule has 6 nitrogen and oxygen atoms in total. The Morgan fingerprint density at radius 3 is 3.04 bits per heavy atom. The molecule has 1 aromatic carbocycles. The molecule has 2 aromatic rings. The SMILES string of the molecule is Cc1cc(Br)cc(Cl)c1NC(=O)Cc1csc(N2CCCNC2=O)n1. The van der Waals surface area contributed by atoms with Gasteiger partial charge in [0.15, 0.2) is 5.13 Å². The topological polar surface area (TPSA) is 74.3 Å². The zero-order valence-corrected chi connectivity index (χ0v) is 16.6. The van der Waals surface area contributed by atoms with Crippen molar-refractivity contribution in [1.82, 2.24) is 10.3 Å². The van der Waals surface area contributed by atoms with Gasteiger partial charge in [-0.05, 0) is 31.0 Å². The average molecular weight is 444 g/mol. The van der Waals surface area contributed by atoms with Gasteiger partial charge in [0.2, 0.25) is 5.91 Å². The lowest BCUT2D eigenvalue weighted by Crippen LogP contribution is -2.46. The Morgan fingerprint density at radius 1 is 1.52 bits per heavy atom. The third-order valence-electron chi connectivity index (χ3n) is 3.71. The molecule has 2 N–H and O–H groups in total. The van der Waals surface area contributed by atoms with Crippen LogP contribution in [0, 0.1) is 6.92 Å². The molecule has 3 rings (SSSR count). The van der Waals surface area contributed by atoms with E-state index in [-0.39, 0.29) is 18.4 Å². The Hall–Kier alpha value is -1.64. The number of carbonyl (C=O) groups is 2. The molecule has 0 spiro atoms. The first-order chi connectivity index (χ1) is 11.9. The molecule has 0 bridgehead atoms. The number of halogens is 2. The third kappa shape index (κ3) is 4.31. The van der Waals surface area contributed by atoms with Gasteiger partial charge >= 0.3 is 6.03 Å². The molecule has 132 valence electrons. The first-order valence-electron chi connectivity index (χ1n) is 7.69. The van der Waals surface area contributed by atoms with Crippen molar-refractivity contribution in [3.8, 4) is 0 Å². The van der Waals surface area contributed by atoms with E-state index in [1.54, 1.807) is 16.3 Å². The Balaban J connectivity index is 1.67. The highest BCUT2D eigenvalue weighted by atomic mass is 79.9. The number of benzene rings is 1. The first-order valence-corrected chi connectivity index (χ1v) is 9.74. The number of nitrogens with zero attached hydrogens (tertiary/aromatic N) is 2. The van der Waals surface area contributed by atoms with Crippen molar-refractivity contribution >= 4 is 61.6 Å². The van der Waals surface area contributed by atoms with Crippen LogP contribution < -0.4 is 15.5 Å². The molecule has 1 fully saturated rings. The van der Waals surface area contributed by atoms with Crippen LogP contribution in [0.2, 0.25) is 5.02 Å². The van der Waals surface area contributed by atoms with Gasteiger partial charge in [0, 0.05) is 22.9 Å². The number of rotatable bonds is 4. The van der Waals surface area contributed by atoms with Gasteiger partial charge in [0.25, 0.3) is 0 Å². The number of urea groups is 1. The molecule has 1 aromatic heterocycles. The van der Waals surface area contributed by atoms with Crippen molar-refractivity contribution < 1.29 is 9.59 Å². The Labute approximate surface area is 162 Å². The minimum absolute atomic E-state index is 0.123. The molecule has 0 unspecified atom stereocenters. The van der Waals surface area contributed by atoms with Crippen molar-refractivity contribution in [2.75, 3.05) is 23.3 Å². The second-order valence-electron chi connectivity index (χ2n) is 5.66. The number of carbonyl (C=O) groups excluding carboxylic acids is 2. The van der Waals surface area contributed by atoms with Crippen LogP contribution in [0.25, 0.3) is 0 Å². The molecule has 1 aliphatic heterocycles. The summed E-state index contributed by atoms with van der Waals surface area (Å²) in [7, 11) is 0. The van der Waals surface area contributed by atoms with Crippen LogP contribution in [-0.4, -0.2) is 30.0 Å².